The molecule has 3 N–H and O–H groups in total. The maximum atomic E-state index is 13.7. The zero-order valence-electron chi connectivity index (χ0n) is 10.1. The number of hydrogen-bond donors (Lipinski definition) is 2. The van der Waals surface area contributed by atoms with Gasteiger partial charge in [0, 0.05) is 24.3 Å². The molecule has 0 radical (unpaired) electrons. The summed E-state index contributed by atoms with van der Waals surface area (Å²) in [6.45, 7) is 3.25. The molecule has 0 aliphatic carbocycles. The summed E-state index contributed by atoms with van der Waals surface area (Å²) >= 11 is 0. The molecule has 4 heteroatoms. The van der Waals surface area contributed by atoms with Crippen LogP contribution in [0.4, 0.5) is 10.1 Å². The number of hydrogen-bond acceptors (Lipinski definition) is 3. The van der Waals surface area contributed by atoms with Crippen molar-refractivity contribution < 1.29 is 9.50 Å². The van der Waals surface area contributed by atoms with Gasteiger partial charge in [-0.3, -0.25) is 0 Å². The number of nitrogens with two attached hydrogens (primary N) is 1. The van der Waals surface area contributed by atoms with E-state index in [4.69, 9.17) is 5.73 Å². The lowest BCUT2D eigenvalue weighted by Crippen LogP contribution is -2.36. The van der Waals surface area contributed by atoms with Gasteiger partial charge in [0.25, 0.3) is 0 Å². The first kappa shape index (κ1) is 12.3. The van der Waals surface area contributed by atoms with Crippen molar-refractivity contribution >= 4 is 5.69 Å². The smallest absolute Gasteiger partial charge is 0.129 e. The van der Waals surface area contributed by atoms with Crippen molar-refractivity contribution in [3.8, 4) is 0 Å². The number of anilines is 1. The fourth-order valence-corrected chi connectivity index (χ4v) is 2.60. The zero-order valence-corrected chi connectivity index (χ0v) is 10.1. The summed E-state index contributed by atoms with van der Waals surface area (Å²) in [4.78, 5) is 2.08. The molecule has 1 aliphatic rings. The topological polar surface area (TPSA) is 49.5 Å². The third-order valence-corrected chi connectivity index (χ3v) is 3.68. The Bertz CT molecular complexity index is 397. The zero-order chi connectivity index (χ0) is 12.4. The van der Waals surface area contributed by atoms with Crippen LogP contribution in [0, 0.1) is 11.7 Å². The third kappa shape index (κ3) is 2.15. The predicted molar refractivity (Wildman–Crippen MR) is 66.3 cm³/mol. The lowest BCUT2D eigenvalue weighted by molar-refractivity contribution is 0.244. The molecule has 1 saturated heterocycles. The van der Waals surface area contributed by atoms with Crippen molar-refractivity contribution in [3.05, 3.63) is 29.6 Å². The van der Waals surface area contributed by atoms with E-state index in [0.29, 0.717) is 11.5 Å². The molecule has 0 saturated carbocycles. The van der Waals surface area contributed by atoms with Gasteiger partial charge >= 0.3 is 0 Å². The second-order valence-electron chi connectivity index (χ2n) is 4.65. The van der Waals surface area contributed by atoms with Gasteiger partial charge in [-0.15, -0.1) is 0 Å². The standard InChI is InChI=1S/C13H19FN2O/c1-9-5-6-16(13(9)8-17)12-4-2-3-11(14)10(12)7-15/h2-4,9,13,17H,5-8,15H2,1H3. The minimum absolute atomic E-state index is 0.0714. The molecule has 1 aromatic rings. The van der Waals surface area contributed by atoms with Gasteiger partial charge in [-0.2, -0.15) is 0 Å². The van der Waals surface area contributed by atoms with Gasteiger partial charge in [0.05, 0.1) is 12.6 Å². The Morgan fingerprint density at radius 1 is 1.53 bits per heavy atom. The molecule has 3 nitrogen and oxygen atoms in total. The normalized spacial score (nSPS) is 24.4. The second kappa shape index (κ2) is 5.02. The van der Waals surface area contributed by atoms with E-state index in [9.17, 15) is 9.50 Å². The van der Waals surface area contributed by atoms with Gasteiger partial charge in [0.2, 0.25) is 0 Å². The molecule has 2 atom stereocenters. The van der Waals surface area contributed by atoms with Crippen LogP contribution in [-0.2, 0) is 6.54 Å². The quantitative estimate of drug-likeness (QED) is 0.839. The lowest BCUT2D eigenvalue weighted by atomic mass is 10.0. The highest BCUT2D eigenvalue weighted by molar-refractivity contribution is 5.56. The van der Waals surface area contributed by atoms with Crippen LogP contribution in [0.25, 0.3) is 0 Å². The predicted octanol–water partition coefficient (Wildman–Crippen LogP) is 1.49. The summed E-state index contributed by atoms with van der Waals surface area (Å²) in [5, 5.41) is 9.43. The molecule has 17 heavy (non-hydrogen) atoms. The SMILES string of the molecule is CC1CCN(c2cccc(F)c2CN)C1CO. The van der Waals surface area contributed by atoms with Crippen LogP contribution in [0.3, 0.4) is 0 Å². The van der Waals surface area contributed by atoms with Crippen LogP contribution in [-0.4, -0.2) is 24.3 Å². The summed E-state index contributed by atoms with van der Waals surface area (Å²) in [6.07, 6.45) is 1.02. The van der Waals surface area contributed by atoms with E-state index in [1.165, 1.54) is 6.07 Å². The first-order valence-corrected chi connectivity index (χ1v) is 6.04. The van der Waals surface area contributed by atoms with Gasteiger partial charge in [0.15, 0.2) is 0 Å². The average molecular weight is 238 g/mol. The Labute approximate surface area is 101 Å². The molecule has 94 valence electrons. The number of benzene rings is 1. The van der Waals surface area contributed by atoms with Crippen LogP contribution in [0.1, 0.15) is 18.9 Å². The van der Waals surface area contributed by atoms with Crippen molar-refractivity contribution in [3.63, 3.8) is 0 Å². The molecular weight excluding hydrogens is 219 g/mol. The number of rotatable bonds is 3. The molecule has 2 rings (SSSR count). The van der Waals surface area contributed by atoms with E-state index in [1.807, 2.05) is 6.07 Å². The summed E-state index contributed by atoms with van der Waals surface area (Å²) in [5.41, 5.74) is 6.98. The number of nitrogens with zero attached hydrogens (tertiary/aromatic N) is 1. The van der Waals surface area contributed by atoms with E-state index in [2.05, 4.69) is 11.8 Å². The first-order chi connectivity index (χ1) is 8.19. The molecular formula is C13H19FN2O. The third-order valence-electron chi connectivity index (χ3n) is 3.68. The second-order valence-corrected chi connectivity index (χ2v) is 4.65. The van der Waals surface area contributed by atoms with Crippen molar-refractivity contribution in [2.24, 2.45) is 11.7 Å². The Morgan fingerprint density at radius 3 is 2.94 bits per heavy atom. The van der Waals surface area contributed by atoms with E-state index < -0.39 is 0 Å². The Morgan fingerprint density at radius 2 is 2.29 bits per heavy atom. The Hall–Kier alpha value is -1.13. The van der Waals surface area contributed by atoms with Gasteiger partial charge in [-0.05, 0) is 24.5 Å². The number of aliphatic hydroxyl groups is 1. The summed E-state index contributed by atoms with van der Waals surface area (Å²) in [5.74, 6) is 0.162. The van der Waals surface area contributed by atoms with Crippen LogP contribution in [0.15, 0.2) is 18.2 Å². The number of aliphatic hydroxyl groups excluding tert-OH is 1. The fraction of sp³-hybridized carbons (Fsp3) is 0.538. The van der Waals surface area contributed by atoms with E-state index in [-0.39, 0.29) is 25.0 Å². The summed E-state index contributed by atoms with van der Waals surface area (Å²) in [6, 6.07) is 5.08. The van der Waals surface area contributed by atoms with Gasteiger partial charge in [0.1, 0.15) is 5.82 Å². The van der Waals surface area contributed by atoms with E-state index >= 15 is 0 Å². The molecule has 1 heterocycles. The molecule has 0 aromatic heterocycles. The average Bonchev–Trinajstić information content (AvgIpc) is 2.69. The monoisotopic (exact) mass is 238 g/mol. The van der Waals surface area contributed by atoms with Crippen molar-refractivity contribution in [1.29, 1.82) is 0 Å². The van der Waals surface area contributed by atoms with E-state index in [0.717, 1.165) is 18.7 Å². The van der Waals surface area contributed by atoms with Crippen LogP contribution >= 0.6 is 0 Å². The van der Waals surface area contributed by atoms with Crippen molar-refractivity contribution in [2.75, 3.05) is 18.1 Å². The maximum Gasteiger partial charge on any atom is 0.129 e. The largest absolute Gasteiger partial charge is 0.394 e. The summed E-state index contributed by atoms with van der Waals surface area (Å²) in [7, 11) is 0. The molecule has 0 amide bonds. The van der Waals surface area contributed by atoms with Gasteiger partial charge in [-0.25, -0.2) is 4.39 Å². The molecule has 1 fully saturated rings. The highest BCUT2D eigenvalue weighted by Crippen LogP contribution is 2.32. The molecule has 1 aliphatic heterocycles. The maximum absolute atomic E-state index is 13.7. The van der Waals surface area contributed by atoms with Gasteiger partial charge in [-0.1, -0.05) is 13.0 Å². The van der Waals surface area contributed by atoms with E-state index in [1.54, 1.807) is 6.07 Å². The van der Waals surface area contributed by atoms with Crippen LogP contribution in [0.2, 0.25) is 0 Å². The van der Waals surface area contributed by atoms with Crippen molar-refractivity contribution in [2.45, 2.75) is 25.9 Å². The van der Waals surface area contributed by atoms with Crippen molar-refractivity contribution in [1.82, 2.24) is 0 Å². The van der Waals surface area contributed by atoms with Crippen LogP contribution in [0.5, 0.6) is 0 Å². The van der Waals surface area contributed by atoms with Gasteiger partial charge < -0.3 is 15.7 Å². The minimum Gasteiger partial charge on any atom is -0.394 e. The lowest BCUT2D eigenvalue weighted by Gasteiger charge is -2.29. The first-order valence-electron chi connectivity index (χ1n) is 6.04. The van der Waals surface area contributed by atoms with Crippen LogP contribution < -0.4 is 10.6 Å². The molecule has 1 aromatic carbocycles. The highest BCUT2D eigenvalue weighted by atomic mass is 19.1. The fourth-order valence-electron chi connectivity index (χ4n) is 2.60. The molecule has 0 spiro atoms. The molecule has 2 unspecified atom stereocenters. The highest BCUT2D eigenvalue weighted by Gasteiger charge is 2.31. The Kier molecular flexibility index (Phi) is 3.64. The summed E-state index contributed by atoms with van der Waals surface area (Å²) < 4.78 is 13.7. The number of halogens is 1. The molecule has 0 bridgehead atoms. The Balaban J connectivity index is 2.37. The minimum atomic E-state index is -0.263.